The van der Waals surface area contributed by atoms with Gasteiger partial charge in [-0.2, -0.15) is 4.98 Å². The van der Waals surface area contributed by atoms with E-state index in [0.29, 0.717) is 24.0 Å². The summed E-state index contributed by atoms with van der Waals surface area (Å²) >= 11 is 5.90. The molecule has 0 unspecified atom stereocenters. The molecular formula is C20H23ClFN5O2. The zero-order valence-corrected chi connectivity index (χ0v) is 17.2. The first-order chi connectivity index (χ1) is 14.0. The van der Waals surface area contributed by atoms with Crippen LogP contribution in [-0.2, 0) is 13.1 Å². The first-order valence-electron chi connectivity index (χ1n) is 9.64. The monoisotopic (exact) mass is 419 g/mol. The van der Waals surface area contributed by atoms with Crippen molar-refractivity contribution in [3.8, 4) is 11.5 Å². The van der Waals surface area contributed by atoms with E-state index in [0.717, 1.165) is 56.0 Å². The molecule has 1 aliphatic rings. The van der Waals surface area contributed by atoms with Crippen LogP contribution in [0.4, 0.5) is 4.39 Å². The van der Waals surface area contributed by atoms with Gasteiger partial charge >= 0.3 is 0 Å². The lowest BCUT2D eigenvalue weighted by molar-refractivity contribution is 0.241. The third-order valence-electron chi connectivity index (χ3n) is 5.15. The van der Waals surface area contributed by atoms with Gasteiger partial charge in [0.1, 0.15) is 17.1 Å². The number of aryl methyl sites for hydroxylation is 2. The fraction of sp³-hybridized carbons (Fsp3) is 0.450. The van der Waals surface area contributed by atoms with Crippen LogP contribution in [0.3, 0.4) is 0 Å². The zero-order valence-electron chi connectivity index (χ0n) is 16.5. The summed E-state index contributed by atoms with van der Waals surface area (Å²) in [5.41, 5.74) is 2.53. The number of rotatable bonds is 5. The summed E-state index contributed by atoms with van der Waals surface area (Å²) in [6.07, 6.45) is 1.03. The predicted molar refractivity (Wildman–Crippen MR) is 106 cm³/mol. The Balaban J connectivity index is 1.35. The molecule has 1 fully saturated rings. The highest BCUT2D eigenvalue weighted by Gasteiger charge is 2.21. The van der Waals surface area contributed by atoms with Crippen molar-refractivity contribution in [1.29, 1.82) is 0 Å². The van der Waals surface area contributed by atoms with Crippen molar-refractivity contribution in [3.63, 3.8) is 0 Å². The fourth-order valence-electron chi connectivity index (χ4n) is 3.64. The van der Waals surface area contributed by atoms with Crippen molar-refractivity contribution >= 4 is 11.6 Å². The van der Waals surface area contributed by atoms with E-state index in [9.17, 15) is 4.39 Å². The minimum Gasteiger partial charge on any atom is -0.361 e. The minimum atomic E-state index is -0.381. The summed E-state index contributed by atoms with van der Waals surface area (Å²) in [6.45, 7) is 8.80. The SMILES string of the molecule is Cc1noc(C)c1-c1nc(CN2CCCN(Cc3ccc(F)c(Cl)c3)CC2)no1. The molecule has 7 nitrogen and oxygen atoms in total. The van der Waals surface area contributed by atoms with Gasteiger partial charge in [0.15, 0.2) is 5.82 Å². The molecule has 154 valence electrons. The standard InChI is InChI=1S/C20H23ClFN5O2/c1-13-19(14(2)28-24-13)20-23-18(25-29-20)12-27-7-3-6-26(8-9-27)11-15-4-5-17(22)16(21)10-15/h4-5,10H,3,6-9,11-12H2,1-2H3. The lowest BCUT2D eigenvalue weighted by atomic mass is 10.2. The highest BCUT2D eigenvalue weighted by Crippen LogP contribution is 2.25. The highest BCUT2D eigenvalue weighted by molar-refractivity contribution is 6.30. The minimum absolute atomic E-state index is 0.171. The molecule has 0 bridgehead atoms. The Morgan fingerprint density at radius 2 is 1.79 bits per heavy atom. The van der Waals surface area contributed by atoms with Gasteiger partial charge in [0.25, 0.3) is 5.89 Å². The van der Waals surface area contributed by atoms with Crippen LogP contribution in [0.15, 0.2) is 27.2 Å². The van der Waals surface area contributed by atoms with Gasteiger partial charge in [0.05, 0.1) is 17.3 Å². The topological polar surface area (TPSA) is 71.4 Å². The molecule has 3 aromatic rings. The number of nitrogens with zero attached hydrogens (tertiary/aromatic N) is 5. The molecule has 0 spiro atoms. The maximum Gasteiger partial charge on any atom is 0.263 e. The third kappa shape index (κ3) is 4.66. The summed E-state index contributed by atoms with van der Waals surface area (Å²) in [4.78, 5) is 9.20. The summed E-state index contributed by atoms with van der Waals surface area (Å²) in [5.74, 6) is 1.39. The molecule has 0 aliphatic carbocycles. The van der Waals surface area contributed by atoms with Gasteiger partial charge < -0.3 is 9.05 Å². The van der Waals surface area contributed by atoms with E-state index in [1.54, 1.807) is 12.1 Å². The third-order valence-corrected chi connectivity index (χ3v) is 5.44. The molecule has 9 heteroatoms. The van der Waals surface area contributed by atoms with Crippen LogP contribution in [0.2, 0.25) is 5.02 Å². The second-order valence-corrected chi connectivity index (χ2v) is 7.78. The number of aromatic nitrogens is 3. The molecule has 0 saturated carbocycles. The maximum atomic E-state index is 13.4. The molecule has 2 aromatic heterocycles. The van der Waals surface area contributed by atoms with E-state index in [-0.39, 0.29) is 10.8 Å². The summed E-state index contributed by atoms with van der Waals surface area (Å²) in [5, 5.41) is 8.23. The van der Waals surface area contributed by atoms with Crippen LogP contribution in [0.5, 0.6) is 0 Å². The van der Waals surface area contributed by atoms with Gasteiger partial charge in [-0.3, -0.25) is 9.80 Å². The predicted octanol–water partition coefficient (Wildman–Crippen LogP) is 3.84. The Hall–Kier alpha value is -2.29. The summed E-state index contributed by atoms with van der Waals surface area (Å²) in [7, 11) is 0. The number of benzene rings is 1. The number of hydrogen-bond donors (Lipinski definition) is 0. The van der Waals surface area contributed by atoms with Crippen molar-refractivity contribution in [2.75, 3.05) is 26.2 Å². The van der Waals surface area contributed by atoms with E-state index < -0.39 is 0 Å². The fourth-order valence-corrected chi connectivity index (χ4v) is 3.85. The van der Waals surface area contributed by atoms with E-state index >= 15 is 0 Å². The quantitative estimate of drug-likeness (QED) is 0.622. The molecule has 1 aliphatic heterocycles. The van der Waals surface area contributed by atoms with Crippen molar-refractivity contribution < 1.29 is 13.4 Å². The number of halogens is 2. The van der Waals surface area contributed by atoms with Crippen molar-refractivity contribution in [2.24, 2.45) is 0 Å². The second-order valence-electron chi connectivity index (χ2n) is 7.37. The van der Waals surface area contributed by atoms with Crippen LogP contribution >= 0.6 is 11.6 Å². The van der Waals surface area contributed by atoms with E-state index in [4.69, 9.17) is 20.6 Å². The lowest BCUT2D eigenvalue weighted by Crippen LogP contribution is -2.30. The van der Waals surface area contributed by atoms with Crippen molar-refractivity contribution in [3.05, 3.63) is 51.9 Å². The van der Waals surface area contributed by atoms with Crippen LogP contribution < -0.4 is 0 Å². The Bertz CT molecular complexity index is 970. The second kappa shape index (κ2) is 8.61. The molecule has 0 radical (unpaired) electrons. The molecule has 0 N–H and O–H groups in total. The van der Waals surface area contributed by atoms with E-state index in [2.05, 4.69) is 25.1 Å². The molecule has 29 heavy (non-hydrogen) atoms. The Morgan fingerprint density at radius 3 is 2.48 bits per heavy atom. The van der Waals surface area contributed by atoms with Gasteiger partial charge in [-0.15, -0.1) is 0 Å². The van der Waals surface area contributed by atoms with Gasteiger partial charge in [-0.05, 0) is 51.1 Å². The Morgan fingerprint density at radius 1 is 1.03 bits per heavy atom. The lowest BCUT2D eigenvalue weighted by Gasteiger charge is -2.21. The smallest absolute Gasteiger partial charge is 0.263 e. The molecule has 3 heterocycles. The van der Waals surface area contributed by atoms with Crippen LogP contribution in [0.25, 0.3) is 11.5 Å². The largest absolute Gasteiger partial charge is 0.361 e. The maximum absolute atomic E-state index is 13.4. The zero-order chi connectivity index (χ0) is 20.4. The highest BCUT2D eigenvalue weighted by atomic mass is 35.5. The summed E-state index contributed by atoms with van der Waals surface area (Å²) < 4.78 is 24.0. The van der Waals surface area contributed by atoms with E-state index in [1.807, 2.05) is 13.8 Å². The van der Waals surface area contributed by atoms with Crippen molar-refractivity contribution in [2.45, 2.75) is 33.4 Å². The molecule has 1 saturated heterocycles. The normalized spacial score (nSPS) is 16.3. The average Bonchev–Trinajstić information content (AvgIpc) is 3.20. The molecule has 4 rings (SSSR count). The van der Waals surface area contributed by atoms with Gasteiger partial charge in [0.2, 0.25) is 0 Å². The van der Waals surface area contributed by atoms with Gasteiger partial charge in [-0.25, -0.2) is 4.39 Å². The van der Waals surface area contributed by atoms with Gasteiger partial charge in [-0.1, -0.05) is 28.0 Å². The molecule has 1 aromatic carbocycles. The number of hydrogen-bond acceptors (Lipinski definition) is 7. The van der Waals surface area contributed by atoms with Crippen LogP contribution in [0, 0.1) is 19.7 Å². The Kier molecular flexibility index (Phi) is 5.94. The van der Waals surface area contributed by atoms with Crippen LogP contribution in [-0.4, -0.2) is 51.3 Å². The first-order valence-corrected chi connectivity index (χ1v) is 10.0. The van der Waals surface area contributed by atoms with E-state index in [1.165, 1.54) is 6.07 Å². The van der Waals surface area contributed by atoms with Gasteiger partial charge in [0, 0.05) is 19.6 Å². The molecule has 0 atom stereocenters. The molecule has 0 amide bonds. The molecular weight excluding hydrogens is 397 g/mol. The average molecular weight is 420 g/mol. The van der Waals surface area contributed by atoms with Crippen molar-refractivity contribution in [1.82, 2.24) is 25.1 Å². The van der Waals surface area contributed by atoms with Crippen LogP contribution in [0.1, 0.15) is 29.3 Å². The summed E-state index contributed by atoms with van der Waals surface area (Å²) in [6, 6.07) is 4.92. The Labute approximate surface area is 173 Å². The first kappa shape index (κ1) is 20.0.